The number of benzene rings is 1. The van der Waals surface area contributed by atoms with Crippen LogP contribution >= 0.6 is 11.6 Å². The van der Waals surface area contributed by atoms with Gasteiger partial charge in [-0.2, -0.15) is 13.5 Å². The van der Waals surface area contributed by atoms with Gasteiger partial charge in [-0.25, -0.2) is 4.79 Å². The van der Waals surface area contributed by atoms with Crippen molar-refractivity contribution in [1.29, 1.82) is 0 Å². The first kappa shape index (κ1) is 14.4. The zero-order chi connectivity index (χ0) is 14.9. The molecule has 3 N–H and O–H groups in total. The van der Waals surface area contributed by atoms with E-state index < -0.39 is 26.6 Å². The molecule has 0 fully saturated rings. The van der Waals surface area contributed by atoms with Crippen molar-refractivity contribution in [3.05, 3.63) is 40.5 Å². The van der Waals surface area contributed by atoms with Gasteiger partial charge in [-0.3, -0.25) is 9.82 Å². The number of sulfonamides is 1. The molecule has 0 aliphatic rings. The fourth-order valence-electron chi connectivity index (χ4n) is 1.54. The summed E-state index contributed by atoms with van der Waals surface area (Å²) in [7, 11) is -4.12. The second-order valence-corrected chi connectivity index (χ2v) is 6.03. The number of rotatable bonds is 4. The molecule has 7 nitrogen and oxygen atoms in total. The summed E-state index contributed by atoms with van der Waals surface area (Å²) in [4.78, 5) is 10.9. The third-order valence-electron chi connectivity index (χ3n) is 2.47. The Balaban J connectivity index is 2.44. The summed E-state index contributed by atoms with van der Waals surface area (Å²) in [6.45, 7) is 1.77. The van der Waals surface area contributed by atoms with Crippen molar-refractivity contribution in [3.63, 3.8) is 0 Å². The first-order valence-electron chi connectivity index (χ1n) is 5.37. The van der Waals surface area contributed by atoms with Gasteiger partial charge in [0.1, 0.15) is 5.56 Å². The number of anilines is 1. The van der Waals surface area contributed by atoms with Crippen molar-refractivity contribution in [2.24, 2.45) is 0 Å². The number of halogens is 1. The van der Waals surface area contributed by atoms with Crippen LogP contribution in [0.3, 0.4) is 0 Å². The van der Waals surface area contributed by atoms with Crippen LogP contribution in [0.15, 0.2) is 29.4 Å². The van der Waals surface area contributed by atoms with Crippen molar-refractivity contribution in [1.82, 2.24) is 10.2 Å². The largest absolute Gasteiger partial charge is 0.478 e. The molecule has 106 valence electrons. The molecule has 2 rings (SSSR count). The van der Waals surface area contributed by atoms with Gasteiger partial charge in [0.2, 0.25) is 0 Å². The van der Waals surface area contributed by atoms with E-state index in [1.807, 2.05) is 0 Å². The van der Waals surface area contributed by atoms with Gasteiger partial charge >= 0.3 is 5.97 Å². The van der Waals surface area contributed by atoms with Crippen LogP contribution in [0.4, 0.5) is 5.69 Å². The monoisotopic (exact) mass is 315 g/mol. The van der Waals surface area contributed by atoms with Crippen LogP contribution in [0.2, 0.25) is 5.02 Å². The number of aromatic nitrogens is 2. The maximum Gasteiger partial charge on any atom is 0.340 e. The number of carboxylic acids is 1. The van der Waals surface area contributed by atoms with Crippen molar-refractivity contribution in [2.45, 2.75) is 11.9 Å². The number of hydrogen-bond donors (Lipinski definition) is 3. The van der Waals surface area contributed by atoms with Gasteiger partial charge in [-0.1, -0.05) is 17.7 Å². The molecule has 2 aromatic rings. The van der Waals surface area contributed by atoms with E-state index in [1.165, 1.54) is 6.07 Å². The normalized spacial score (nSPS) is 11.3. The Kier molecular flexibility index (Phi) is 3.69. The highest BCUT2D eigenvalue weighted by Gasteiger charge is 2.25. The van der Waals surface area contributed by atoms with E-state index in [4.69, 9.17) is 16.7 Å². The van der Waals surface area contributed by atoms with Gasteiger partial charge in [0, 0.05) is 0 Å². The lowest BCUT2D eigenvalue weighted by atomic mass is 10.2. The van der Waals surface area contributed by atoms with E-state index in [0.29, 0.717) is 0 Å². The van der Waals surface area contributed by atoms with Crippen LogP contribution in [0.1, 0.15) is 15.9 Å². The highest BCUT2D eigenvalue weighted by Crippen LogP contribution is 2.26. The number of carboxylic acid groups (broad SMARTS) is 1. The fraction of sp³-hybridized carbons (Fsp3) is 0.0909. The van der Waals surface area contributed by atoms with Crippen LogP contribution in [0, 0.1) is 6.92 Å². The Hall–Kier alpha value is -2.06. The molecule has 0 aliphatic heterocycles. The Morgan fingerprint density at radius 1 is 1.45 bits per heavy atom. The van der Waals surface area contributed by atoms with Crippen molar-refractivity contribution in [3.8, 4) is 0 Å². The standard InChI is InChI=1S/C11H10ClN3O4S/c1-6-2-3-8(12)9(4-6)15-20(18,19)10-7(11(16)17)5-13-14-10/h2-5,15H,1H3,(H,13,14)(H,16,17). The second kappa shape index (κ2) is 5.14. The molecule has 20 heavy (non-hydrogen) atoms. The minimum atomic E-state index is -4.12. The predicted octanol–water partition coefficient (Wildman–Crippen LogP) is 1.87. The average molecular weight is 316 g/mol. The van der Waals surface area contributed by atoms with Crippen molar-refractivity contribution >= 4 is 33.3 Å². The topological polar surface area (TPSA) is 112 Å². The molecular weight excluding hydrogens is 306 g/mol. The fourth-order valence-corrected chi connectivity index (χ4v) is 2.93. The number of nitrogens with one attached hydrogen (secondary N) is 2. The van der Waals surface area contributed by atoms with Gasteiger partial charge in [-0.15, -0.1) is 0 Å². The molecule has 0 saturated heterocycles. The summed E-state index contributed by atoms with van der Waals surface area (Å²) in [5.41, 5.74) is 0.522. The summed E-state index contributed by atoms with van der Waals surface area (Å²) in [6.07, 6.45) is 0.925. The van der Waals surface area contributed by atoms with E-state index in [2.05, 4.69) is 14.9 Å². The van der Waals surface area contributed by atoms with Gasteiger partial charge < -0.3 is 5.11 Å². The molecule has 9 heteroatoms. The lowest BCUT2D eigenvalue weighted by Gasteiger charge is -2.09. The Morgan fingerprint density at radius 3 is 2.80 bits per heavy atom. The summed E-state index contributed by atoms with van der Waals surface area (Å²) in [5.74, 6) is -1.39. The molecule has 0 unspecified atom stereocenters. The van der Waals surface area contributed by atoms with E-state index in [-0.39, 0.29) is 10.7 Å². The molecule has 0 aliphatic carbocycles. The Bertz CT molecular complexity index is 770. The van der Waals surface area contributed by atoms with Crippen LogP contribution in [-0.2, 0) is 10.0 Å². The molecule has 0 saturated carbocycles. The van der Waals surface area contributed by atoms with Crippen LogP contribution < -0.4 is 4.72 Å². The Labute approximate surface area is 119 Å². The third kappa shape index (κ3) is 2.75. The zero-order valence-corrected chi connectivity index (χ0v) is 11.8. The average Bonchev–Trinajstić information content (AvgIpc) is 2.83. The quantitative estimate of drug-likeness (QED) is 0.797. The molecule has 0 spiro atoms. The van der Waals surface area contributed by atoms with Crippen molar-refractivity contribution < 1.29 is 18.3 Å². The SMILES string of the molecule is Cc1ccc(Cl)c(NS(=O)(=O)c2[nH]ncc2C(=O)O)c1. The molecule has 1 aromatic heterocycles. The van der Waals surface area contributed by atoms with Gasteiger partial charge in [0.25, 0.3) is 10.0 Å². The van der Waals surface area contributed by atoms with Gasteiger partial charge in [0.15, 0.2) is 5.03 Å². The first-order chi connectivity index (χ1) is 9.31. The lowest BCUT2D eigenvalue weighted by Crippen LogP contribution is -2.17. The number of nitrogens with zero attached hydrogens (tertiary/aromatic N) is 1. The van der Waals surface area contributed by atoms with Crippen LogP contribution in [0.5, 0.6) is 0 Å². The highest BCUT2D eigenvalue weighted by molar-refractivity contribution is 7.92. The second-order valence-electron chi connectivity index (χ2n) is 4.01. The number of aryl methyl sites for hydroxylation is 1. The maximum absolute atomic E-state index is 12.1. The van der Waals surface area contributed by atoms with E-state index in [1.54, 1.807) is 19.1 Å². The molecule has 0 bridgehead atoms. The lowest BCUT2D eigenvalue weighted by molar-refractivity contribution is 0.0692. The minimum Gasteiger partial charge on any atom is -0.478 e. The molecule has 0 amide bonds. The van der Waals surface area contributed by atoms with Crippen LogP contribution in [0.25, 0.3) is 0 Å². The number of H-pyrrole nitrogens is 1. The Morgan fingerprint density at radius 2 is 2.15 bits per heavy atom. The predicted molar refractivity (Wildman–Crippen MR) is 72.5 cm³/mol. The molecule has 0 radical (unpaired) electrons. The first-order valence-corrected chi connectivity index (χ1v) is 7.23. The van der Waals surface area contributed by atoms with E-state index >= 15 is 0 Å². The van der Waals surface area contributed by atoms with Gasteiger partial charge in [-0.05, 0) is 24.6 Å². The zero-order valence-electron chi connectivity index (χ0n) is 10.2. The summed E-state index contributed by atoms with van der Waals surface area (Å²) < 4.78 is 26.5. The summed E-state index contributed by atoms with van der Waals surface area (Å²) >= 11 is 5.90. The molecule has 0 atom stereocenters. The van der Waals surface area contributed by atoms with Crippen molar-refractivity contribution in [2.75, 3.05) is 4.72 Å². The number of hydrogen-bond acceptors (Lipinski definition) is 4. The molecular formula is C11H10ClN3O4S. The summed E-state index contributed by atoms with van der Waals surface area (Å²) in [6, 6.07) is 4.80. The van der Waals surface area contributed by atoms with Gasteiger partial charge in [0.05, 0.1) is 16.9 Å². The summed E-state index contributed by atoms with van der Waals surface area (Å²) in [5, 5.41) is 14.2. The third-order valence-corrected chi connectivity index (χ3v) is 4.14. The highest BCUT2D eigenvalue weighted by atomic mass is 35.5. The number of carbonyl (C=O) groups is 1. The minimum absolute atomic E-state index is 0.164. The maximum atomic E-state index is 12.1. The van der Waals surface area contributed by atoms with E-state index in [9.17, 15) is 13.2 Å². The van der Waals surface area contributed by atoms with Crippen LogP contribution in [-0.4, -0.2) is 29.7 Å². The number of aromatic amines is 1. The van der Waals surface area contributed by atoms with E-state index in [0.717, 1.165) is 11.8 Å². The number of aromatic carboxylic acids is 1. The molecule has 1 aromatic carbocycles. The molecule has 1 heterocycles. The smallest absolute Gasteiger partial charge is 0.340 e.